The van der Waals surface area contributed by atoms with Crippen LogP contribution in [0, 0.1) is 6.92 Å². The van der Waals surface area contributed by atoms with E-state index in [-0.39, 0.29) is 18.2 Å². The highest BCUT2D eigenvalue weighted by Gasteiger charge is 2.15. The van der Waals surface area contributed by atoms with Crippen molar-refractivity contribution < 1.29 is 14.3 Å². The molecule has 0 spiro atoms. The predicted molar refractivity (Wildman–Crippen MR) is 124 cm³/mol. The Morgan fingerprint density at radius 2 is 1.48 bits per heavy atom. The first-order valence-corrected chi connectivity index (χ1v) is 10.4. The minimum absolute atomic E-state index is 0.0607. The number of nitrogens with zero attached hydrogens (tertiary/aromatic N) is 1. The number of nitrogens with one attached hydrogen (secondary N) is 1. The highest BCUT2D eigenvalue weighted by Crippen LogP contribution is 2.21. The molecule has 0 radical (unpaired) electrons. The number of ether oxygens (including phenoxy) is 1. The van der Waals surface area contributed by atoms with Gasteiger partial charge in [0.2, 0.25) is 11.8 Å². The van der Waals surface area contributed by atoms with Gasteiger partial charge in [0, 0.05) is 17.8 Å². The van der Waals surface area contributed by atoms with Gasteiger partial charge in [0.1, 0.15) is 5.75 Å². The zero-order valence-electron chi connectivity index (χ0n) is 18.2. The number of benzene rings is 3. The molecule has 5 nitrogen and oxygen atoms in total. The molecule has 2 amide bonds. The van der Waals surface area contributed by atoms with E-state index in [9.17, 15) is 9.59 Å². The number of rotatable bonds is 8. The van der Waals surface area contributed by atoms with Crippen LogP contribution in [0.3, 0.4) is 0 Å². The molecule has 1 N–H and O–H groups in total. The molecule has 0 unspecified atom stereocenters. The third-order valence-electron chi connectivity index (χ3n) is 5.05. The number of amides is 2. The molecular formula is C26H28N2O3. The lowest BCUT2D eigenvalue weighted by Gasteiger charge is -2.23. The molecule has 0 atom stereocenters. The number of aryl methyl sites for hydroxylation is 1. The lowest BCUT2D eigenvalue weighted by molar-refractivity contribution is -0.118. The SMILES string of the molecule is CCC(=O)N(Cc1ccc(C)cc1)c1ccc(CC(=O)Nc2ccc(OC)cc2)cc1. The van der Waals surface area contributed by atoms with E-state index in [2.05, 4.69) is 17.4 Å². The molecule has 160 valence electrons. The number of carbonyl (C=O) groups is 2. The van der Waals surface area contributed by atoms with Gasteiger partial charge >= 0.3 is 0 Å². The maximum Gasteiger partial charge on any atom is 0.228 e. The molecule has 0 saturated carbocycles. The van der Waals surface area contributed by atoms with E-state index in [0.717, 1.165) is 28.3 Å². The van der Waals surface area contributed by atoms with Gasteiger partial charge in [-0.3, -0.25) is 9.59 Å². The Hall–Kier alpha value is -3.60. The highest BCUT2D eigenvalue weighted by molar-refractivity contribution is 5.94. The van der Waals surface area contributed by atoms with Gasteiger partial charge in [-0.15, -0.1) is 0 Å². The van der Waals surface area contributed by atoms with E-state index in [0.29, 0.717) is 13.0 Å². The van der Waals surface area contributed by atoms with Crippen molar-refractivity contribution in [2.24, 2.45) is 0 Å². The molecular weight excluding hydrogens is 388 g/mol. The van der Waals surface area contributed by atoms with E-state index in [1.807, 2.05) is 50.2 Å². The molecule has 0 aliphatic heterocycles. The Morgan fingerprint density at radius 1 is 0.871 bits per heavy atom. The van der Waals surface area contributed by atoms with Crippen LogP contribution < -0.4 is 15.0 Å². The monoisotopic (exact) mass is 416 g/mol. The van der Waals surface area contributed by atoms with Crippen LogP contribution in [0.5, 0.6) is 5.75 Å². The summed E-state index contributed by atoms with van der Waals surface area (Å²) in [6.45, 7) is 4.43. The smallest absolute Gasteiger partial charge is 0.228 e. The number of anilines is 2. The second-order valence-corrected chi connectivity index (χ2v) is 7.44. The number of methoxy groups -OCH3 is 1. The molecule has 3 aromatic carbocycles. The summed E-state index contributed by atoms with van der Waals surface area (Å²) in [4.78, 5) is 26.7. The Morgan fingerprint density at radius 3 is 2.06 bits per heavy atom. The zero-order chi connectivity index (χ0) is 22.2. The molecule has 31 heavy (non-hydrogen) atoms. The van der Waals surface area contributed by atoms with E-state index >= 15 is 0 Å². The third-order valence-corrected chi connectivity index (χ3v) is 5.05. The van der Waals surface area contributed by atoms with Crippen LogP contribution in [0.1, 0.15) is 30.0 Å². The van der Waals surface area contributed by atoms with Gasteiger partial charge in [-0.1, -0.05) is 48.9 Å². The zero-order valence-corrected chi connectivity index (χ0v) is 18.2. The van der Waals surface area contributed by atoms with E-state index in [1.165, 1.54) is 5.56 Å². The number of carbonyl (C=O) groups excluding carboxylic acids is 2. The fourth-order valence-corrected chi connectivity index (χ4v) is 3.25. The van der Waals surface area contributed by atoms with Gasteiger partial charge in [-0.2, -0.15) is 0 Å². The lowest BCUT2D eigenvalue weighted by atomic mass is 10.1. The van der Waals surface area contributed by atoms with Gasteiger partial charge in [0.15, 0.2) is 0 Å². The second kappa shape index (κ2) is 10.4. The van der Waals surface area contributed by atoms with E-state index < -0.39 is 0 Å². The topological polar surface area (TPSA) is 58.6 Å². The van der Waals surface area contributed by atoms with Crippen molar-refractivity contribution >= 4 is 23.2 Å². The molecule has 5 heteroatoms. The fraction of sp³-hybridized carbons (Fsp3) is 0.231. The van der Waals surface area contributed by atoms with Crippen LogP contribution in [-0.2, 0) is 22.6 Å². The Bertz CT molecular complexity index is 1010. The van der Waals surface area contributed by atoms with Crippen molar-refractivity contribution in [3.63, 3.8) is 0 Å². The molecule has 3 aromatic rings. The first-order chi connectivity index (χ1) is 15.0. The Labute approximate surface area is 183 Å². The molecule has 0 fully saturated rings. The van der Waals surface area contributed by atoms with Gasteiger partial charge in [0.25, 0.3) is 0 Å². The average molecular weight is 417 g/mol. The molecule has 0 aromatic heterocycles. The van der Waals surface area contributed by atoms with Crippen LogP contribution in [0.15, 0.2) is 72.8 Å². The van der Waals surface area contributed by atoms with Crippen LogP contribution in [0.2, 0.25) is 0 Å². The van der Waals surface area contributed by atoms with Crippen molar-refractivity contribution in [1.29, 1.82) is 0 Å². The third kappa shape index (κ3) is 6.19. The maximum atomic E-state index is 12.5. The second-order valence-electron chi connectivity index (χ2n) is 7.44. The van der Waals surface area contributed by atoms with Crippen molar-refractivity contribution in [2.75, 3.05) is 17.3 Å². The lowest BCUT2D eigenvalue weighted by Crippen LogP contribution is -2.29. The highest BCUT2D eigenvalue weighted by atomic mass is 16.5. The van der Waals surface area contributed by atoms with Crippen LogP contribution in [0.4, 0.5) is 11.4 Å². The van der Waals surface area contributed by atoms with Crippen molar-refractivity contribution in [1.82, 2.24) is 0 Å². The summed E-state index contributed by atoms with van der Waals surface area (Å²) in [5.74, 6) is 0.704. The molecule has 0 aliphatic carbocycles. The van der Waals surface area contributed by atoms with Gasteiger partial charge < -0.3 is 15.0 Å². The standard InChI is InChI=1S/C26H28N2O3/c1-4-26(30)28(18-21-7-5-19(2)6-8-21)23-13-9-20(10-14-23)17-25(29)27-22-11-15-24(31-3)16-12-22/h5-16H,4,17-18H2,1-3H3,(H,27,29). The number of hydrogen-bond acceptors (Lipinski definition) is 3. The van der Waals surface area contributed by atoms with Gasteiger partial charge in [-0.25, -0.2) is 0 Å². The van der Waals surface area contributed by atoms with Crippen LogP contribution >= 0.6 is 0 Å². The summed E-state index contributed by atoms with van der Waals surface area (Å²) in [5.41, 5.74) is 4.70. The summed E-state index contributed by atoms with van der Waals surface area (Å²) >= 11 is 0. The predicted octanol–water partition coefficient (Wildman–Crippen LogP) is 5.13. The summed E-state index contributed by atoms with van der Waals surface area (Å²) in [5, 5.41) is 2.88. The van der Waals surface area contributed by atoms with E-state index in [1.54, 1.807) is 36.3 Å². The van der Waals surface area contributed by atoms with E-state index in [4.69, 9.17) is 4.74 Å². The quantitative estimate of drug-likeness (QED) is 0.554. The Balaban J connectivity index is 1.66. The van der Waals surface area contributed by atoms with Gasteiger partial charge in [0.05, 0.1) is 20.1 Å². The maximum absolute atomic E-state index is 12.5. The number of hydrogen-bond donors (Lipinski definition) is 1. The minimum Gasteiger partial charge on any atom is -0.497 e. The molecule has 0 bridgehead atoms. The van der Waals surface area contributed by atoms with Gasteiger partial charge in [-0.05, 0) is 54.4 Å². The molecule has 0 heterocycles. The van der Waals surface area contributed by atoms with Crippen molar-refractivity contribution in [2.45, 2.75) is 33.2 Å². The molecule has 0 aliphatic rings. The first kappa shape index (κ1) is 22.1. The molecule has 3 rings (SSSR count). The minimum atomic E-state index is -0.0981. The summed E-state index contributed by atoms with van der Waals surface area (Å²) in [6.07, 6.45) is 0.684. The normalized spacial score (nSPS) is 10.4. The van der Waals surface area contributed by atoms with Crippen molar-refractivity contribution in [3.8, 4) is 5.75 Å². The average Bonchev–Trinajstić information content (AvgIpc) is 2.79. The van der Waals surface area contributed by atoms with Crippen LogP contribution in [0.25, 0.3) is 0 Å². The largest absolute Gasteiger partial charge is 0.497 e. The van der Waals surface area contributed by atoms with Crippen LogP contribution in [-0.4, -0.2) is 18.9 Å². The molecule has 0 saturated heterocycles. The summed E-state index contributed by atoms with van der Waals surface area (Å²) in [6, 6.07) is 23.0. The Kier molecular flexibility index (Phi) is 7.44. The van der Waals surface area contributed by atoms with Crippen molar-refractivity contribution in [3.05, 3.63) is 89.5 Å². The fourth-order valence-electron chi connectivity index (χ4n) is 3.25. The first-order valence-electron chi connectivity index (χ1n) is 10.4. The summed E-state index contributed by atoms with van der Waals surface area (Å²) in [7, 11) is 1.60. The summed E-state index contributed by atoms with van der Waals surface area (Å²) < 4.78 is 5.13.